The Hall–Kier alpha value is -1.90. The van der Waals surface area contributed by atoms with E-state index in [4.69, 9.17) is 0 Å². The number of carboxylic acid groups (broad SMARTS) is 1. The summed E-state index contributed by atoms with van der Waals surface area (Å²) in [6.07, 6.45) is 4.07. The minimum Gasteiger partial charge on any atom is -0.481 e. The second kappa shape index (κ2) is 3.55. The van der Waals surface area contributed by atoms with Gasteiger partial charge in [0.2, 0.25) is 0 Å². The fourth-order valence-electron chi connectivity index (χ4n) is 2.58. The van der Waals surface area contributed by atoms with Crippen LogP contribution in [0.5, 0.6) is 0 Å². The van der Waals surface area contributed by atoms with Crippen molar-refractivity contribution in [2.75, 3.05) is 0 Å². The number of carboxylic acids is 1. The Morgan fingerprint density at radius 2 is 2.00 bits per heavy atom. The van der Waals surface area contributed by atoms with Crippen LogP contribution >= 0.6 is 0 Å². The Kier molecular flexibility index (Phi) is 2.15. The van der Waals surface area contributed by atoms with Crippen molar-refractivity contribution in [2.24, 2.45) is 0 Å². The van der Waals surface area contributed by atoms with Gasteiger partial charge in [-0.1, -0.05) is 30.7 Å². The lowest BCUT2D eigenvalue weighted by Crippen LogP contribution is -2.43. The van der Waals surface area contributed by atoms with Gasteiger partial charge in [0.1, 0.15) is 5.41 Å². The molecule has 17 heavy (non-hydrogen) atoms. The van der Waals surface area contributed by atoms with Gasteiger partial charge in [-0.3, -0.25) is 9.78 Å². The first kappa shape index (κ1) is 10.3. The number of nitrogens with zero attached hydrogens (tertiary/aromatic N) is 1. The van der Waals surface area contributed by atoms with Gasteiger partial charge in [0.05, 0.1) is 5.69 Å². The molecule has 1 saturated carbocycles. The number of hydrogen-bond donors (Lipinski definition) is 1. The van der Waals surface area contributed by atoms with Crippen LogP contribution in [0.3, 0.4) is 0 Å². The second-order valence-corrected chi connectivity index (χ2v) is 4.62. The molecule has 0 unspecified atom stereocenters. The van der Waals surface area contributed by atoms with E-state index in [2.05, 4.69) is 4.98 Å². The molecule has 0 aliphatic heterocycles. The summed E-state index contributed by atoms with van der Waals surface area (Å²) in [4.78, 5) is 15.8. The average Bonchev–Trinajstić information content (AvgIpc) is 2.27. The molecule has 0 radical (unpaired) electrons. The lowest BCUT2D eigenvalue weighted by Gasteiger charge is -2.37. The predicted octanol–water partition coefficient (Wildman–Crippen LogP) is 2.74. The van der Waals surface area contributed by atoms with E-state index >= 15 is 0 Å². The molecule has 1 aromatic carbocycles. The molecule has 0 spiro atoms. The van der Waals surface area contributed by atoms with Gasteiger partial charge in [-0.25, -0.2) is 0 Å². The average molecular weight is 227 g/mol. The number of carbonyl (C=O) groups is 1. The minimum atomic E-state index is -0.749. The Bertz CT molecular complexity index is 582. The van der Waals surface area contributed by atoms with Crippen LogP contribution in [0.25, 0.3) is 10.8 Å². The van der Waals surface area contributed by atoms with Gasteiger partial charge in [0.25, 0.3) is 0 Å². The first-order valence-electron chi connectivity index (χ1n) is 5.82. The standard InChI is InChI=1S/C14H13NO2/c16-13(17)14(7-3-8-14)12-11-5-2-1-4-10(11)6-9-15-12/h1-2,4-6,9H,3,7-8H2,(H,16,17). The third-order valence-corrected chi connectivity index (χ3v) is 3.74. The van der Waals surface area contributed by atoms with Gasteiger partial charge in [-0.2, -0.15) is 0 Å². The quantitative estimate of drug-likeness (QED) is 0.858. The molecular formula is C14H13NO2. The van der Waals surface area contributed by atoms with Crippen LogP contribution in [0.4, 0.5) is 0 Å². The molecule has 3 heteroatoms. The van der Waals surface area contributed by atoms with E-state index in [0.717, 1.165) is 22.9 Å². The second-order valence-electron chi connectivity index (χ2n) is 4.62. The topological polar surface area (TPSA) is 50.2 Å². The van der Waals surface area contributed by atoms with Gasteiger partial charge in [0, 0.05) is 11.6 Å². The van der Waals surface area contributed by atoms with E-state index in [0.29, 0.717) is 12.8 Å². The third kappa shape index (κ3) is 1.35. The van der Waals surface area contributed by atoms with Crippen LogP contribution in [0.2, 0.25) is 0 Å². The van der Waals surface area contributed by atoms with E-state index in [1.807, 2.05) is 30.3 Å². The number of aromatic nitrogens is 1. The van der Waals surface area contributed by atoms with Gasteiger partial charge >= 0.3 is 5.97 Å². The lowest BCUT2D eigenvalue weighted by molar-refractivity contribution is -0.147. The summed E-state index contributed by atoms with van der Waals surface area (Å²) < 4.78 is 0. The van der Waals surface area contributed by atoms with Crippen LogP contribution in [0.15, 0.2) is 36.5 Å². The highest BCUT2D eigenvalue weighted by Gasteiger charge is 2.48. The fourth-order valence-corrected chi connectivity index (χ4v) is 2.58. The lowest BCUT2D eigenvalue weighted by atomic mass is 9.65. The first-order chi connectivity index (χ1) is 8.24. The Balaban J connectivity index is 2.27. The van der Waals surface area contributed by atoms with Crippen LogP contribution in [-0.2, 0) is 10.2 Å². The van der Waals surface area contributed by atoms with Crippen molar-refractivity contribution in [1.29, 1.82) is 0 Å². The molecule has 86 valence electrons. The van der Waals surface area contributed by atoms with E-state index in [1.54, 1.807) is 6.20 Å². The smallest absolute Gasteiger partial charge is 0.315 e. The maximum Gasteiger partial charge on any atom is 0.315 e. The number of aliphatic carboxylic acids is 1. The van der Waals surface area contributed by atoms with Crippen LogP contribution in [0, 0.1) is 0 Å². The molecular weight excluding hydrogens is 214 g/mol. The maximum atomic E-state index is 11.5. The Morgan fingerprint density at radius 3 is 2.65 bits per heavy atom. The number of benzene rings is 1. The molecule has 1 heterocycles. The maximum absolute atomic E-state index is 11.5. The van der Waals surface area contributed by atoms with Crippen molar-refractivity contribution in [3.63, 3.8) is 0 Å². The molecule has 1 N–H and O–H groups in total. The number of hydrogen-bond acceptors (Lipinski definition) is 2. The van der Waals surface area contributed by atoms with Crippen molar-refractivity contribution in [1.82, 2.24) is 4.98 Å². The molecule has 1 aromatic heterocycles. The number of fused-ring (bicyclic) bond motifs is 1. The van der Waals surface area contributed by atoms with Crippen molar-refractivity contribution < 1.29 is 9.90 Å². The summed E-state index contributed by atoms with van der Waals surface area (Å²) >= 11 is 0. The summed E-state index contributed by atoms with van der Waals surface area (Å²) in [5.74, 6) is -0.743. The normalized spacial score (nSPS) is 17.6. The van der Waals surface area contributed by atoms with Crippen molar-refractivity contribution in [3.8, 4) is 0 Å². The summed E-state index contributed by atoms with van der Waals surface area (Å²) in [5.41, 5.74) is -0.0183. The number of pyridine rings is 1. The van der Waals surface area contributed by atoms with E-state index < -0.39 is 11.4 Å². The highest BCUT2D eigenvalue weighted by atomic mass is 16.4. The van der Waals surface area contributed by atoms with Crippen LogP contribution in [-0.4, -0.2) is 16.1 Å². The molecule has 1 fully saturated rings. The van der Waals surface area contributed by atoms with Gasteiger partial charge in [-0.05, 0) is 24.3 Å². The zero-order chi connectivity index (χ0) is 11.9. The van der Waals surface area contributed by atoms with E-state index in [1.165, 1.54) is 0 Å². The van der Waals surface area contributed by atoms with Crippen LogP contribution < -0.4 is 0 Å². The van der Waals surface area contributed by atoms with Gasteiger partial charge in [-0.15, -0.1) is 0 Å². The molecule has 3 rings (SSSR count). The molecule has 0 atom stereocenters. The Morgan fingerprint density at radius 1 is 1.24 bits per heavy atom. The molecule has 3 nitrogen and oxygen atoms in total. The number of rotatable bonds is 2. The monoisotopic (exact) mass is 227 g/mol. The summed E-state index contributed by atoms with van der Waals surface area (Å²) in [6, 6.07) is 9.77. The van der Waals surface area contributed by atoms with Crippen molar-refractivity contribution >= 4 is 16.7 Å². The molecule has 0 bridgehead atoms. The van der Waals surface area contributed by atoms with E-state index in [9.17, 15) is 9.90 Å². The predicted molar refractivity (Wildman–Crippen MR) is 64.9 cm³/mol. The first-order valence-corrected chi connectivity index (χ1v) is 5.82. The largest absolute Gasteiger partial charge is 0.481 e. The zero-order valence-corrected chi connectivity index (χ0v) is 9.39. The summed E-state index contributed by atoms with van der Waals surface area (Å²) in [7, 11) is 0. The summed E-state index contributed by atoms with van der Waals surface area (Å²) in [5, 5.41) is 11.5. The molecule has 1 aliphatic rings. The highest BCUT2D eigenvalue weighted by molar-refractivity contribution is 5.92. The molecule has 0 amide bonds. The molecule has 2 aromatic rings. The van der Waals surface area contributed by atoms with Gasteiger partial charge < -0.3 is 5.11 Å². The third-order valence-electron chi connectivity index (χ3n) is 3.74. The molecule has 1 aliphatic carbocycles. The van der Waals surface area contributed by atoms with Gasteiger partial charge in [0.15, 0.2) is 0 Å². The van der Waals surface area contributed by atoms with Crippen molar-refractivity contribution in [2.45, 2.75) is 24.7 Å². The van der Waals surface area contributed by atoms with E-state index in [-0.39, 0.29) is 0 Å². The SMILES string of the molecule is O=C(O)C1(c2nccc3ccccc23)CCC1. The molecule has 0 saturated heterocycles. The summed E-state index contributed by atoms with van der Waals surface area (Å²) in [6.45, 7) is 0. The van der Waals surface area contributed by atoms with Crippen LogP contribution in [0.1, 0.15) is 25.0 Å². The highest BCUT2D eigenvalue weighted by Crippen LogP contribution is 2.45. The zero-order valence-electron chi connectivity index (χ0n) is 9.39. The van der Waals surface area contributed by atoms with Crippen molar-refractivity contribution in [3.05, 3.63) is 42.2 Å². The minimum absolute atomic E-state index is 0.698. The Labute approximate surface area is 99.1 Å². The fraction of sp³-hybridized carbons (Fsp3) is 0.286.